The second kappa shape index (κ2) is 6.68. The van der Waals surface area contributed by atoms with E-state index < -0.39 is 4.92 Å². The Morgan fingerprint density at radius 1 is 1.00 bits per heavy atom. The third kappa shape index (κ3) is 3.25. The third-order valence-electron chi connectivity index (χ3n) is 4.03. The van der Waals surface area contributed by atoms with Crippen molar-refractivity contribution in [1.82, 2.24) is 9.97 Å². The molecule has 0 fully saturated rings. The number of non-ortho nitro benzene ring substituents is 1. The van der Waals surface area contributed by atoms with E-state index in [1.807, 2.05) is 54.6 Å². The normalized spacial score (nSPS) is 10.8. The Morgan fingerprint density at radius 3 is 2.65 bits per heavy atom. The Labute approximate surface area is 149 Å². The van der Waals surface area contributed by atoms with E-state index in [1.165, 1.54) is 12.1 Å². The second-order valence-electron chi connectivity index (χ2n) is 5.85. The Morgan fingerprint density at radius 2 is 1.85 bits per heavy atom. The first kappa shape index (κ1) is 15.8. The summed E-state index contributed by atoms with van der Waals surface area (Å²) in [5.74, 6) is 1.38. The van der Waals surface area contributed by atoms with E-state index in [0.717, 1.165) is 16.9 Å². The molecule has 1 N–H and O–H groups in total. The van der Waals surface area contributed by atoms with Crippen LogP contribution in [0.1, 0.15) is 5.56 Å². The van der Waals surface area contributed by atoms with Gasteiger partial charge in [0.2, 0.25) is 0 Å². The maximum Gasteiger partial charge on any atom is 0.271 e. The standard InChI is InChI=1S/C20H15N3O3/c24-23(25)16-9-10-18-19(12-16)22-20(21-18)15-7-4-8-17(11-15)26-13-14-5-2-1-3-6-14/h1-12H,13H2,(H,21,22). The van der Waals surface area contributed by atoms with Gasteiger partial charge in [-0.3, -0.25) is 10.1 Å². The lowest BCUT2D eigenvalue weighted by Crippen LogP contribution is -1.95. The highest BCUT2D eigenvalue weighted by Gasteiger charge is 2.11. The van der Waals surface area contributed by atoms with Gasteiger partial charge in [0.15, 0.2) is 0 Å². The van der Waals surface area contributed by atoms with Crippen LogP contribution in [0, 0.1) is 10.1 Å². The molecule has 4 aromatic rings. The van der Waals surface area contributed by atoms with Crippen LogP contribution in [-0.2, 0) is 6.61 Å². The molecule has 0 atom stereocenters. The molecule has 0 aliphatic heterocycles. The van der Waals surface area contributed by atoms with Crippen molar-refractivity contribution < 1.29 is 9.66 Å². The number of hydrogen-bond donors (Lipinski definition) is 1. The molecule has 0 unspecified atom stereocenters. The Bertz CT molecular complexity index is 1070. The number of benzene rings is 3. The zero-order chi connectivity index (χ0) is 17.9. The maximum absolute atomic E-state index is 10.9. The fourth-order valence-corrected chi connectivity index (χ4v) is 2.72. The molecule has 128 valence electrons. The average molecular weight is 345 g/mol. The zero-order valence-electron chi connectivity index (χ0n) is 13.8. The van der Waals surface area contributed by atoms with Gasteiger partial charge in [-0.15, -0.1) is 0 Å². The lowest BCUT2D eigenvalue weighted by Gasteiger charge is -2.07. The molecule has 3 aromatic carbocycles. The fourth-order valence-electron chi connectivity index (χ4n) is 2.72. The van der Waals surface area contributed by atoms with Gasteiger partial charge in [0.05, 0.1) is 16.0 Å². The number of aromatic nitrogens is 2. The summed E-state index contributed by atoms with van der Waals surface area (Å²) in [4.78, 5) is 18.1. The maximum atomic E-state index is 10.9. The molecular weight excluding hydrogens is 330 g/mol. The fraction of sp³-hybridized carbons (Fsp3) is 0.0500. The number of hydrogen-bond acceptors (Lipinski definition) is 4. The predicted molar refractivity (Wildman–Crippen MR) is 99.0 cm³/mol. The number of nitro groups is 1. The van der Waals surface area contributed by atoms with Crippen molar-refractivity contribution in [3.8, 4) is 17.1 Å². The first-order chi connectivity index (χ1) is 12.7. The molecule has 6 heteroatoms. The SMILES string of the molecule is O=[N+]([O-])c1ccc2nc(-c3cccc(OCc4ccccc4)c3)[nH]c2c1. The van der Waals surface area contributed by atoms with Gasteiger partial charge in [0, 0.05) is 17.7 Å². The van der Waals surface area contributed by atoms with Crippen LogP contribution in [0.3, 0.4) is 0 Å². The van der Waals surface area contributed by atoms with Gasteiger partial charge < -0.3 is 9.72 Å². The number of imidazole rings is 1. The highest BCUT2D eigenvalue weighted by molar-refractivity contribution is 5.81. The van der Waals surface area contributed by atoms with Crippen molar-refractivity contribution in [2.24, 2.45) is 0 Å². The minimum absolute atomic E-state index is 0.0349. The number of H-pyrrole nitrogens is 1. The summed E-state index contributed by atoms with van der Waals surface area (Å²) in [6, 6.07) is 22.1. The average Bonchev–Trinajstić information content (AvgIpc) is 3.11. The molecule has 26 heavy (non-hydrogen) atoms. The number of nitrogens with one attached hydrogen (secondary N) is 1. The summed E-state index contributed by atoms with van der Waals surface area (Å²) < 4.78 is 5.85. The summed E-state index contributed by atoms with van der Waals surface area (Å²) in [5.41, 5.74) is 3.29. The number of aromatic amines is 1. The second-order valence-corrected chi connectivity index (χ2v) is 5.85. The van der Waals surface area contributed by atoms with Crippen LogP contribution in [0.5, 0.6) is 5.75 Å². The monoisotopic (exact) mass is 345 g/mol. The summed E-state index contributed by atoms with van der Waals surface area (Å²) in [7, 11) is 0. The molecule has 0 saturated carbocycles. The van der Waals surface area contributed by atoms with E-state index >= 15 is 0 Å². The van der Waals surface area contributed by atoms with Gasteiger partial charge in [-0.05, 0) is 23.8 Å². The van der Waals surface area contributed by atoms with Gasteiger partial charge in [0.25, 0.3) is 5.69 Å². The van der Waals surface area contributed by atoms with Crippen molar-refractivity contribution in [3.63, 3.8) is 0 Å². The largest absolute Gasteiger partial charge is 0.489 e. The first-order valence-corrected chi connectivity index (χ1v) is 8.10. The first-order valence-electron chi connectivity index (χ1n) is 8.10. The minimum Gasteiger partial charge on any atom is -0.489 e. The highest BCUT2D eigenvalue weighted by Crippen LogP contribution is 2.26. The van der Waals surface area contributed by atoms with Gasteiger partial charge in [0.1, 0.15) is 18.2 Å². The van der Waals surface area contributed by atoms with E-state index in [9.17, 15) is 10.1 Å². The highest BCUT2D eigenvalue weighted by atomic mass is 16.6. The van der Waals surface area contributed by atoms with Crippen molar-refractivity contribution >= 4 is 16.7 Å². The summed E-state index contributed by atoms with van der Waals surface area (Å²) in [5, 5.41) is 10.9. The van der Waals surface area contributed by atoms with Crippen LogP contribution in [-0.4, -0.2) is 14.9 Å². The summed E-state index contributed by atoms with van der Waals surface area (Å²) in [6.07, 6.45) is 0. The van der Waals surface area contributed by atoms with Crippen molar-refractivity contribution in [1.29, 1.82) is 0 Å². The Kier molecular flexibility index (Phi) is 4.07. The van der Waals surface area contributed by atoms with E-state index in [0.29, 0.717) is 23.5 Å². The summed E-state index contributed by atoms with van der Waals surface area (Å²) >= 11 is 0. The molecule has 4 rings (SSSR count). The van der Waals surface area contributed by atoms with E-state index in [1.54, 1.807) is 6.07 Å². The molecule has 0 bridgehead atoms. The lowest BCUT2D eigenvalue weighted by molar-refractivity contribution is -0.384. The topological polar surface area (TPSA) is 81.1 Å². The van der Waals surface area contributed by atoms with Crippen LogP contribution >= 0.6 is 0 Å². The van der Waals surface area contributed by atoms with E-state index in [-0.39, 0.29) is 5.69 Å². The van der Waals surface area contributed by atoms with Crippen molar-refractivity contribution in [3.05, 3.63) is 88.5 Å². The molecule has 1 aromatic heterocycles. The van der Waals surface area contributed by atoms with E-state index in [4.69, 9.17) is 4.74 Å². The van der Waals surface area contributed by atoms with Crippen molar-refractivity contribution in [2.45, 2.75) is 6.61 Å². The smallest absolute Gasteiger partial charge is 0.271 e. The number of fused-ring (bicyclic) bond motifs is 1. The number of nitrogens with zero attached hydrogens (tertiary/aromatic N) is 2. The van der Waals surface area contributed by atoms with Crippen LogP contribution in [0.25, 0.3) is 22.4 Å². The molecule has 1 heterocycles. The quantitative estimate of drug-likeness (QED) is 0.419. The minimum atomic E-state index is -0.419. The molecular formula is C20H15N3O3. The molecule has 0 saturated heterocycles. The molecule has 0 radical (unpaired) electrons. The lowest BCUT2D eigenvalue weighted by atomic mass is 10.2. The Hall–Kier alpha value is -3.67. The van der Waals surface area contributed by atoms with Crippen LogP contribution in [0.15, 0.2) is 72.8 Å². The van der Waals surface area contributed by atoms with Gasteiger partial charge in [-0.2, -0.15) is 0 Å². The van der Waals surface area contributed by atoms with Crippen molar-refractivity contribution in [2.75, 3.05) is 0 Å². The molecule has 6 nitrogen and oxygen atoms in total. The van der Waals surface area contributed by atoms with Crippen LogP contribution in [0.2, 0.25) is 0 Å². The van der Waals surface area contributed by atoms with Gasteiger partial charge in [-0.25, -0.2) is 4.98 Å². The Balaban J connectivity index is 1.59. The third-order valence-corrected chi connectivity index (χ3v) is 4.03. The molecule has 0 spiro atoms. The van der Waals surface area contributed by atoms with Gasteiger partial charge in [-0.1, -0.05) is 42.5 Å². The predicted octanol–water partition coefficient (Wildman–Crippen LogP) is 4.72. The number of ether oxygens (including phenoxy) is 1. The van der Waals surface area contributed by atoms with Crippen LogP contribution < -0.4 is 4.74 Å². The van der Waals surface area contributed by atoms with E-state index in [2.05, 4.69) is 9.97 Å². The number of rotatable bonds is 5. The number of nitro benzene ring substituents is 1. The molecule has 0 aliphatic rings. The summed E-state index contributed by atoms with van der Waals surface area (Å²) in [6.45, 7) is 0.483. The zero-order valence-corrected chi connectivity index (χ0v) is 13.8. The van der Waals surface area contributed by atoms with Crippen LogP contribution in [0.4, 0.5) is 5.69 Å². The molecule has 0 amide bonds. The molecule has 0 aliphatic carbocycles. The van der Waals surface area contributed by atoms with Gasteiger partial charge >= 0.3 is 0 Å².